The molecular weight excluding hydrogens is 543 g/mol. The average Bonchev–Trinajstić information content (AvgIpc) is 2.93. The Morgan fingerprint density at radius 3 is 1.50 bits per heavy atom. The van der Waals surface area contributed by atoms with Crippen LogP contribution < -0.4 is 32.9 Å². The fourth-order valence-corrected chi connectivity index (χ4v) is 11.4. The molecule has 0 heterocycles. The molecule has 0 saturated heterocycles. The Morgan fingerprint density at radius 2 is 1.08 bits per heavy atom. The normalized spacial score (nSPS) is 16.5. The third-order valence-electron chi connectivity index (χ3n) is 8.61. The average molecular weight is 584 g/mol. The molecular formula is C36H40BrP. The summed E-state index contributed by atoms with van der Waals surface area (Å²) in [5.41, 5.74) is 5.17. The molecule has 4 aromatic rings. The lowest BCUT2D eigenvalue weighted by Crippen LogP contribution is -3.00. The third-order valence-corrected chi connectivity index (χ3v) is 13.4. The number of allylic oxidation sites excluding steroid dienone is 1. The summed E-state index contributed by atoms with van der Waals surface area (Å²) >= 11 is 0. The lowest BCUT2D eigenvalue weighted by atomic mass is 9.63. The van der Waals surface area contributed by atoms with Crippen molar-refractivity contribution >= 4 is 23.2 Å². The van der Waals surface area contributed by atoms with E-state index >= 15 is 0 Å². The van der Waals surface area contributed by atoms with Crippen molar-refractivity contribution in [2.45, 2.75) is 63.4 Å². The van der Waals surface area contributed by atoms with Gasteiger partial charge in [0.05, 0.1) is 0 Å². The molecule has 0 bridgehead atoms. The van der Waals surface area contributed by atoms with Gasteiger partial charge in [-0.15, -0.1) is 6.58 Å². The maximum absolute atomic E-state index is 4.28. The maximum atomic E-state index is 4.28. The lowest BCUT2D eigenvalue weighted by Gasteiger charge is -2.43. The van der Waals surface area contributed by atoms with Crippen molar-refractivity contribution in [3.8, 4) is 0 Å². The molecule has 0 aromatic heterocycles. The molecule has 4 aromatic carbocycles. The van der Waals surface area contributed by atoms with Crippen molar-refractivity contribution in [1.29, 1.82) is 0 Å². The van der Waals surface area contributed by atoms with Crippen LogP contribution in [0.5, 0.6) is 0 Å². The first-order chi connectivity index (χ1) is 17.8. The van der Waals surface area contributed by atoms with Crippen molar-refractivity contribution in [2.75, 3.05) is 0 Å². The highest BCUT2D eigenvalue weighted by Gasteiger charge is 2.53. The third kappa shape index (κ3) is 4.97. The molecule has 0 amide bonds. The molecule has 0 radical (unpaired) electrons. The summed E-state index contributed by atoms with van der Waals surface area (Å²) < 4.78 is 0. The number of hydrogen-bond acceptors (Lipinski definition) is 0. The van der Waals surface area contributed by atoms with Crippen molar-refractivity contribution < 1.29 is 17.0 Å². The molecule has 0 aliphatic heterocycles. The van der Waals surface area contributed by atoms with Gasteiger partial charge in [0.1, 0.15) is 28.8 Å². The second-order valence-corrected chi connectivity index (χ2v) is 15.5. The van der Waals surface area contributed by atoms with Crippen LogP contribution in [0.4, 0.5) is 0 Å². The Balaban J connectivity index is 0.00000336. The van der Waals surface area contributed by atoms with Crippen molar-refractivity contribution in [3.63, 3.8) is 0 Å². The summed E-state index contributed by atoms with van der Waals surface area (Å²) in [7, 11) is -2.08. The second-order valence-electron chi connectivity index (χ2n) is 11.8. The summed E-state index contributed by atoms with van der Waals surface area (Å²) in [6, 6.07) is 41.3. The summed E-state index contributed by atoms with van der Waals surface area (Å²) in [4.78, 5) is 0. The van der Waals surface area contributed by atoms with Gasteiger partial charge in [-0.3, -0.25) is 0 Å². The number of hydrogen-bond donors (Lipinski definition) is 0. The van der Waals surface area contributed by atoms with E-state index in [0.717, 1.165) is 6.42 Å². The van der Waals surface area contributed by atoms with Crippen LogP contribution in [0, 0.1) is 0 Å². The fraction of sp³-hybridized carbons (Fsp3) is 0.278. The smallest absolute Gasteiger partial charge is 0.119 e. The van der Waals surface area contributed by atoms with Crippen LogP contribution >= 0.6 is 7.26 Å². The van der Waals surface area contributed by atoms with Crippen molar-refractivity contribution in [2.24, 2.45) is 0 Å². The van der Waals surface area contributed by atoms with Crippen LogP contribution in [0.3, 0.4) is 0 Å². The minimum Gasteiger partial charge on any atom is -1.00 e. The summed E-state index contributed by atoms with van der Waals surface area (Å²) in [5, 5.41) is 4.28. The van der Waals surface area contributed by atoms with Crippen LogP contribution in [0.25, 0.3) is 0 Å². The number of rotatable bonds is 7. The standard InChI is InChI=1S/C36H40P.BrH/c1-6-16-34(28-23-24-32-33(27-28)36(4,5)26-25-35(32,2)3)37(29-17-10-7-11-18-29,30-19-12-8-13-20-30)31-21-14-9-15-22-31;/h6-15,17-24,27,34H,1,16,25-26H2,2-5H3;1H/q+1;/p-1. The predicted molar refractivity (Wildman–Crippen MR) is 164 cm³/mol. The van der Waals surface area contributed by atoms with Crippen LogP contribution in [-0.2, 0) is 10.8 Å². The first-order valence-corrected chi connectivity index (χ1v) is 15.5. The van der Waals surface area contributed by atoms with Gasteiger partial charge in [0.15, 0.2) is 0 Å². The molecule has 2 heteroatoms. The minimum atomic E-state index is -2.08. The summed E-state index contributed by atoms with van der Waals surface area (Å²) in [5.74, 6) is 0. The van der Waals surface area contributed by atoms with E-state index in [-0.39, 0.29) is 27.8 Å². The van der Waals surface area contributed by atoms with E-state index in [1.54, 1.807) is 0 Å². The number of fused-ring (bicyclic) bond motifs is 1. The van der Waals surface area contributed by atoms with Gasteiger partial charge in [0.2, 0.25) is 0 Å². The Hall–Kier alpha value is -2.47. The van der Waals surface area contributed by atoms with Gasteiger partial charge >= 0.3 is 0 Å². The second kappa shape index (κ2) is 11.3. The Bertz CT molecular complexity index is 1260. The monoisotopic (exact) mass is 582 g/mol. The molecule has 1 unspecified atom stereocenters. The van der Waals surface area contributed by atoms with E-state index in [4.69, 9.17) is 0 Å². The topological polar surface area (TPSA) is 0 Å². The van der Waals surface area contributed by atoms with Crippen molar-refractivity contribution in [1.82, 2.24) is 0 Å². The molecule has 0 saturated carbocycles. The molecule has 196 valence electrons. The molecule has 0 spiro atoms. The molecule has 1 aliphatic carbocycles. The molecule has 1 aliphatic rings. The molecule has 38 heavy (non-hydrogen) atoms. The van der Waals surface area contributed by atoms with Gasteiger partial charge < -0.3 is 17.0 Å². The lowest BCUT2D eigenvalue weighted by molar-refractivity contribution is -0.00000783. The summed E-state index contributed by atoms with van der Waals surface area (Å²) in [6.07, 6.45) is 5.52. The zero-order chi connectivity index (χ0) is 26.1. The molecule has 5 rings (SSSR count). The Morgan fingerprint density at radius 1 is 0.658 bits per heavy atom. The zero-order valence-electron chi connectivity index (χ0n) is 23.2. The van der Waals surface area contributed by atoms with Gasteiger partial charge in [-0.1, -0.05) is 107 Å². The SMILES string of the molecule is C=CCC(c1ccc2c(c1)C(C)(C)CCC2(C)C)[P+](c1ccccc1)(c1ccccc1)c1ccccc1.[Br-]. The van der Waals surface area contributed by atoms with E-state index in [2.05, 4.69) is 150 Å². The van der Waals surface area contributed by atoms with Crippen LogP contribution in [0.15, 0.2) is 122 Å². The number of halogens is 1. The maximum Gasteiger partial charge on any atom is 0.119 e. The van der Waals surface area contributed by atoms with E-state index in [9.17, 15) is 0 Å². The van der Waals surface area contributed by atoms with E-state index in [0.29, 0.717) is 5.66 Å². The minimum absolute atomic E-state index is 0. The highest BCUT2D eigenvalue weighted by molar-refractivity contribution is 7.96. The van der Waals surface area contributed by atoms with Gasteiger partial charge in [-0.25, -0.2) is 0 Å². The predicted octanol–water partition coefficient (Wildman–Crippen LogP) is 5.65. The highest BCUT2D eigenvalue weighted by Crippen LogP contribution is 2.68. The quantitative estimate of drug-likeness (QED) is 0.195. The Labute approximate surface area is 241 Å². The van der Waals surface area contributed by atoms with Gasteiger partial charge in [-0.2, -0.15) is 0 Å². The van der Waals surface area contributed by atoms with E-state index < -0.39 is 7.26 Å². The van der Waals surface area contributed by atoms with Crippen LogP contribution in [0.2, 0.25) is 0 Å². The first kappa shape index (κ1) is 28.5. The summed E-state index contributed by atoms with van der Waals surface area (Å²) in [6.45, 7) is 14.0. The molecule has 1 atom stereocenters. The van der Waals surface area contributed by atoms with Crippen LogP contribution in [-0.4, -0.2) is 0 Å². The first-order valence-electron chi connectivity index (χ1n) is 13.6. The largest absolute Gasteiger partial charge is 1.00 e. The van der Waals surface area contributed by atoms with E-state index in [1.807, 2.05) is 0 Å². The van der Waals surface area contributed by atoms with E-state index in [1.165, 1.54) is 45.4 Å². The molecule has 0 N–H and O–H groups in total. The van der Waals surface area contributed by atoms with Gasteiger partial charge in [0, 0.05) is 6.42 Å². The number of benzene rings is 4. The Kier molecular flexibility index (Phi) is 8.51. The van der Waals surface area contributed by atoms with Crippen molar-refractivity contribution in [3.05, 3.63) is 139 Å². The molecule has 0 nitrogen and oxygen atoms in total. The highest BCUT2D eigenvalue weighted by atomic mass is 79.9. The fourth-order valence-electron chi connectivity index (χ4n) is 6.47. The van der Waals surface area contributed by atoms with Gasteiger partial charge in [0.25, 0.3) is 0 Å². The van der Waals surface area contributed by atoms with Gasteiger partial charge in [-0.05, 0) is 76.8 Å². The zero-order valence-corrected chi connectivity index (χ0v) is 25.7. The molecule has 0 fully saturated rings. The van der Waals surface area contributed by atoms with Crippen LogP contribution in [0.1, 0.15) is 69.3 Å².